The van der Waals surface area contributed by atoms with Crippen LogP contribution < -0.4 is 15.8 Å². The summed E-state index contributed by atoms with van der Waals surface area (Å²) in [4.78, 5) is 13.5. The van der Waals surface area contributed by atoms with Gasteiger partial charge in [-0.3, -0.25) is 4.98 Å². The zero-order valence-electron chi connectivity index (χ0n) is 17.4. The molecule has 0 bridgehead atoms. The van der Waals surface area contributed by atoms with Crippen LogP contribution in [0.5, 0.6) is 5.88 Å². The summed E-state index contributed by atoms with van der Waals surface area (Å²) >= 11 is 0. The van der Waals surface area contributed by atoms with E-state index in [1.54, 1.807) is 19.5 Å². The lowest BCUT2D eigenvalue weighted by Gasteiger charge is -2.12. The van der Waals surface area contributed by atoms with Crippen molar-refractivity contribution in [2.45, 2.75) is 6.54 Å². The van der Waals surface area contributed by atoms with Crippen LogP contribution in [0.4, 0.5) is 11.5 Å². The number of aromatic nitrogens is 5. The Balaban J connectivity index is 1.62. The van der Waals surface area contributed by atoms with Gasteiger partial charge in [0, 0.05) is 35.8 Å². The highest BCUT2D eigenvalue weighted by Gasteiger charge is 2.15. The monoisotopic (exact) mass is 423 g/mol. The standard InChI is InChI=1S/C24H21N7O/c1-32-21-9-5-8-19(28-21)15-27-24-22-20(16-6-3-2-4-7-16)10-11-31(22)30-23(29-24)17-12-18(25)14-26-13-17/h2-14H,15,25H2,1H3,(H,27,29,30). The van der Waals surface area contributed by atoms with E-state index in [1.807, 2.05) is 59.2 Å². The Morgan fingerprint density at radius 1 is 0.969 bits per heavy atom. The Kier molecular flexibility index (Phi) is 5.09. The van der Waals surface area contributed by atoms with Gasteiger partial charge in [-0.25, -0.2) is 14.5 Å². The third-order valence-corrected chi connectivity index (χ3v) is 5.04. The molecular weight excluding hydrogens is 402 g/mol. The number of ether oxygens (including phenoxy) is 1. The van der Waals surface area contributed by atoms with Crippen molar-refractivity contribution in [3.63, 3.8) is 0 Å². The summed E-state index contributed by atoms with van der Waals surface area (Å²) in [5, 5.41) is 8.14. The molecule has 5 rings (SSSR count). The van der Waals surface area contributed by atoms with Crippen molar-refractivity contribution >= 4 is 17.0 Å². The van der Waals surface area contributed by atoms with Gasteiger partial charge in [0.05, 0.1) is 25.0 Å². The molecule has 8 nitrogen and oxygen atoms in total. The number of nitrogens with one attached hydrogen (secondary N) is 1. The Morgan fingerprint density at radius 2 is 1.84 bits per heavy atom. The molecule has 32 heavy (non-hydrogen) atoms. The van der Waals surface area contributed by atoms with Crippen molar-refractivity contribution in [1.82, 2.24) is 24.6 Å². The fourth-order valence-corrected chi connectivity index (χ4v) is 3.54. The van der Waals surface area contributed by atoms with Gasteiger partial charge < -0.3 is 15.8 Å². The molecule has 0 atom stereocenters. The number of fused-ring (bicyclic) bond motifs is 1. The highest BCUT2D eigenvalue weighted by Crippen LogP contribution is 2.31. The van der Waals surface area contributed by atoms with Crippen LogP contribution in [0.2, 0.25) is 0 Å². The summed E-state index contributed by atoms with van der Waals surface area (Å²) in [6, 6.07) is 19.7. The minimum absolute atomic E-state index is 0.470. The molecule has 3 N–H and O–H groups in total. The number of nitrogens with two attached hydrogens (primary N) is 1. The van der Waals surface area contributed by atoms with Gasteiger partial charge in [-0.1, -0.05) is 36.4 Å². The predicted molar refractivity (Wildman–Crippen MR) is 124 cm³/mol. The minimum atomic E-state index is 0.470. The lowest BCUT2D eigenvalue weighted by molar-refractivity contribution is 0.396. The highest BCUT2D eigenvalue weighted by molar-refractivity contribution is 5.89. The first kappa shape index (κ1) is 19.5. The smallest absolute Gasteiger partial charge is 0.213 e. The molecule has 4 heterocycles. The van der Waals surface area contributed by atoms with Gasteiger partial charge in [-0.05, 0) is 23.8 Å². The van der Waals surface area contributed by atoms with E-state index in [1.165, 1.54) is 0 Å². The second kappa shape index (κ2) is 8.35. The first-order valence-corrected chi connectivity index (χ1v) is 10.1. The van der Waals surface area contributed by atoms with Crippen molar-refractivity contribution in [2.75, 3.05) is 18.2 Å². The first-order chi connectivity index (χ1) is 15.7. The van der Waals surface area contributed by atoms with Crippen LogP contribution in [-0.2, 0) is 6.54 Å². The fourth-order valence-electron chi connectivity index (χ4n) is 3.54. The van der Waals surface area contributed by atoms with Crippen LogP contribution in [0.15, 0.2) is 79.3 Å². The molecule has 8 heteroatoms. The Bertz CT molecular complexity index is 1380. The van der Waals surface area contributed by atoms with E-state index in [0.29, 0.717) is 29.8 Å². The summed E-state index contributed by atoms with van der Waals surface area (Å²) in [5.74, 6) is 1.77. The van der Waals surface area contributed by atoms with Gasteiger partial charge in [0.1, 0.15) is 5.52 Å². The van der Waals surface area contributed by atoms with E-state index in [2.05, 4.69) is 27.4 Å². The molecule has 0 amide bonds. The second-order valence-corrected chi connectivity index (χ2v) is 7.20. The Labute approximate surface area is 184 Å². The molecule has 0 fully saturated rings. The van der Waals surface area contributed by atoms with Gasteiger partial charge in [-0.2, -0.15) is 0 Å². The summed E-state index contributed by atoms with van der Waals surface area (Å²) < 4.78 is 7.07. The molecule has 5 aromatic rings. The van der Waals surface area contributed by atoms with Crippen molar-refractivity contribution < 1.29 is 4.74 Å². The lowest BCUT2D eigenvalue weighted by Crippen LogP contribution is -2.08. The predicted octanol–water partition coefficient (Wildman–Crippen LogP) is 4.06. The van der Waals surface area contributed by atoms with Crippen molar-refractivity contribution in [3.05, 3.63) is 84.9 Å². The number of methoxy groups -OCH3 is 1. The van der Waals surface area contributed by atoms with E-state index in [0.717, 1.165) is 27.9 Å². The van der Waals surface area contributed by atoms with Gasteiger partial charge >= 0.3 is 0 Å². The molecule has 1 aromatic carbocycles. The first-order valence-electron chi connectivity index (χ1n) is 10.1. The minimum Gasteiger partial charge on any atom is -0.481 e. The number of benzene rings is 1. The van der Waals surface area contributed by atoms with E-state index < -0.39 is 0 Å². The second-order valence-electron chi connectivity index (χ2n) is 7.20. The summed E-state index contributed by atoms with van der Waals surface area (Å²) in [7, 11) is 1.60. The summed E-state index contributed by atoms with van der Waals surface area (Å²) in [5.41, 5.74) is 11.0. The molecule has 4 aromatic heterocycles. The quantitative estimate of drug-likeness (QED) is 0.424. The molecular formula is C24H21N7O. The van der Waals surface area contributed by atoms with E-state index in [-0.39, 0.29) is 0 Å². The van der Waals surface area contributed by atoms with Crippen LogP contribution in [0.25, 0.3) is 28.0 Å². The molecule has 158 valence electrons. The molecule has 0 aliphatic heterocycles. The number of pyridine rings is 2. The van der Waals surface area contributed by atoms with E-state index >= 15 is 0 Å². The zero-order valence-corrected chi connectivity index (χ0v) is 17.4. The SMILES string of the molecule is COc1cccc(CNc2nc(-c3cncc(N)c3)nn3ccc(-c4ccccc4)c23)n1. The average molecular weight is 423 g/mol. The molecule has 0 unspecified atom stereocenters. The maximum Gasteiger partial charge on any atom is 0.213 e. The Morgan fingerprint density at radius 3 is 2.66 bits per heavy atom. The van der Waals surface area contributed by atoms with Gasteiger partial charge in [0.25, 0.3) is 0 Å². The van der Waals surface area contributed by atoms with Crippen molar-refractivity contribution in [3.8, 4) is 28.4 Å². The fraction of sp³-hybridized carbons (Fsp3) is 0.0833. The van der Waals surface area contributed by atoms with Crippen LogP contribution in [0.1, 0.15) is 5.69 Å². The van der Waals surface area contributed by atoms with Crippen LogP contribution in [0, 0.1) is 0 Å². The summed E-state index contributed by atoms with van der Waals surface area (Å²) in [6.45, 7) is 0.470. The van der Waals surface area contributed by atoms with Crippen molar-refractivity contribution in [2.24, 2.45) is 0 Å². The molecule has 0 radical (unpaired) electrons. The maximum absolute atomic E-state index is 5.93. The van der Waals surface area contributed by atoms with E-state index in [4.69, 9.17) is 20.6 Å². The molecule has 0 saturated heterocycles. The molecule has 0 aliphatic rings. The topological polar surface area (TPSA) is 103 Å². The molecule has 0 saturated carbocycles. The maximum atomic E-state index is 5.93. The third kappa shape index (κ3) is 3.81. The third-order valence-electron chi connectivity index (χ3n) is 5.04. The number of anilines is 2. The van der Waals surface area contributed by atoms with Crippen LogP contribution >= 0.6 is 0 Å². The molecule has 0 aliphatic carbocycles. The van der Waals surface area contributed by atoms with E-state index in [9.17, 15) is 0 Å². The van der Waals surface area contributed by atoms with Gasteiger partial charge in [-0.15, -0.1) is 5.10 Å². The number of hydrogen-bond donors (Lipinski definition) is 2. The highest BCUT2D eigenvalue weighted by atomic mass is 16.5. The molecule has 0 spiro atoms. The van der Waals surface area contributed by atoms with Gasteiger partial charge in [0.2, 0.25) is 5.88 Å². The summed E-state index contributed by atoms with van der Waals surface area (Å²) in [6.07, 6.45) is 5.23. The number of hydrogen-bond acceptors (Lipinski definition) is 7. The number of nitrogens with zero attached hydrogens (tertiary/aromatic N) is 5. The number of rotatable bonds is 6. The van der Waals surface area contributed by atoms with Crippen LogP contribution in [0.3, 0.4) is 0 Å². The van der Waals surface area contributed by atoms with Crippen molar-refractivity contribution in [1.29, 1.82) is 0 Å². The lowest BCUT2D eigenvalue weighted by atomic mass is 10.1. The normalized spacial score (nSPS) is 10.9. The zero-order chi connectivity index (χ0) is 21.9. The number of nitrogen functional groups attached to an aromatic ring is 1. The van der Waals surface area contributed by atoms with Crippen LogP contribution in [-0.4, -0.2) is 31.7 Å². The van der Waals surface area contributed by atoms with Gasteiger partial charge in [0.15, 0.2) is 11.6 Å². The average Bonchev–Trinajstić information content (AvgIpc) is 3.27. The largest absolute Gasteiger partial charge is 0.481 e. The Hall–Kier alpha value is -4.46.